The number of allylic oxidation sites excluding steroid dienone is 6. The van der Waals surface area contributed by atoms with Crippen molar-refractivity contribution in [2.24, 2.45) is 5.92 Å². The lowest BCUT2D eigenvalue weighted by atomic mass is 9.83. The SMILES string of the molecule is C1=CCC(C2=CCC3NC4CC=c5cccnc5=C4C3=C2)C=C1. The van der Waals surface area contributed by atoms with Gasteiger partial charge in [-0.05, 0) is 41.7 Å². The van der Waals surface area contributed by atoms with Gasteiger partial charge in [0.25, 0.3) is 0 Å². The molecule has 0 spiro atoms. The number of hydrogen-bond donors (Lipinski definition) is 1. The highest BCUT2D eigenvalue weighted by molar-refractivity contribution is 5.77. The molecule has 3 aliphatic carbocycles. The van der Waals surface area contributed by atoms with Crippen LogP contribution in [-0.2, 0) is 0 Å². The van der Waals surface area contributed by atoms with Gasteiger partial charge in [-0.2, -0.15) is 0 Å². The first-order chi connectivity index (χ1) is 11.4. The minimum Gasteiger partial charge on any atom is -0.302 e. The molecule has 1 aliphatic heterocycles. The summed E-state index contributed by atoms with van der Waals surface area (Å²) >= 11 is 0. The molecule has 1 fully saturated rings. The van der Waals surface area contributed by atoms with E-state index in [2.05, 4.69) is 53.9 Å². The molecule has 0 saturated carbocycles. The van der Waals surface area contributed by atoms with Crippen molar-refractivity contribution in [3.05, 3.63) is 76.5 Å². The third-order valence-corrected chi connectivity index (χ3v) is 5.42. The van der Waals surface area contributed by atoms with E-state index in [1.54, 1.807) is 0 Å². The van der Waals surface area contributed by atoms with E-state index in [0.29, 0.717) is 18.0 Å². The second kappa shape index (κ2) is 5.17. The fourth-order valence-electron chi connectivity index (χ4n) is 4.30. The summed E-state index contributed by atoms with van der Waals surface area (Å²) in [7, 11) is 0. The van der Waals surface area contributed by atoms with Gasteiger partial charge in [-0.15, -0.1) is 0 Å². The largest absolute Gasteiger partial charge is 0.302 e. The van der Waals surface area contributed by atoms with Crippen molar-refractivity contribution in [3.8, 4) is 0 Å². The molecule has 3 atom stereocenters. The zero-order valence-corrected chi connectivity index (χ0v) is 13.1. The monoisotopic (exact) mass is 300 g/mol. The van der Waals surface area contributed by atoms with E-state index in [9.17, 15) is 0 Å². The standard InChI is InChI=1S/C21H20N2/c1-2-5-14(6-3-1)16-9-10-18-17(13-16)20-19(23-18)11-8-15-7-4-12-22-21(15)20/h1-5,7-9,12-14,18-19,23H,6,10-11H2. The van der Waals surface area contributed by atoms with E-state index in [1.807, 2.05) is 12.3 Å². The Kier molecular flexibility index (Phi) is 2.98. The van der Waals surface area contributed by atoms with Gasteiger partial charge in [0.05, 0.1) is 5.35 Å². The Hall–Kier alpha value is -2.19. The van der Waals surface area contributed by atoms with E-state index in [0.717, 1.165) is 19.3 Å². The molecule has 0 aromatic carbocycles. The number of aromatic nitrogens is 1. The zero-order chi connectivity index (χ0) is 15.2. The minimum atomic E-state index is 0.434. The number of rotatable bonds is 1. The van der Waals surface area contributed by atoms with E-state index < -0.39 is 0 Å². The normalized spacial score (nSPS) is 30.8. The van der Waals surface area contributed by atoms with Crippen LogP contribution in [0.15, 0.2) is 65.9 Å². The molecule has 2 nitrogen and oxygen atoms in total. The van der Waals surface area contributed by atoms with E-state index >= 15 is 0 Å². The molecule has 3 unspecified atom stereocenters. The lowest BCUT2D eigenvalue weighted by molar-refractivity contribution is 0.580. The molecule has 114 valence electrons. The third kappa shape index (κ3) is 2.09. The average molecular weight is 300 g/mol. The van der Waals surface area contributed by atoms with Crippen LogP contribution in [0, 0.1) is 5.92 Å². The molecule has 5 rings (SSSR count). The summed E-state index contributed by atoms with van der Waals surface area (Å²) in [5.74, 6) is 0.534. The Morgan fingerprint density at radius 1 is 1.04 bits per heavy atom. The summed E-state index contributed by atoms with van der Waals surface area (Å²) in [6, 6.07) is 5.12. The lowest BCUT2D eigenvalue weighted by Crippen LogP contribution is -2.38. The van der Waals surface area contributed by atoms with Gasteiger partial charge in [0.1, 0.15) is 0 Å². The van der Waals surface area contributed by atoms with Gasteiger partial charge in [0.15, 0.2) is 0 Å². The van der Waals surface area contributed by atoms with Gasteiger partial charge in [-0.25, -0.2) is 0 Å². The highest BCUT2D eigenvalue weighted by Crippen LogP contribution is 2.37. The molecule has 2 heteroatoms. The van der Waals surface area contributed by atoms with Crippen LogP contribution in [0.3, 0.4) is 0 Å². The van der Waals surface area contributed by atoms with E-state index in [-0.39, 0.29) is 0 Å². The number of nitrogens with one attached hydrogen (secondary N) is 1. The Morgan fingerprint density at radius 3 is 2.91 bits per heavy atom. The number of fused-ring (bicyclic) bond motifs is 4. The summed E-state index contributed by atoms with van der Waals surface area (Å²) in [4.78, 5) is 4.70. The second-order valence-electron chi connectivity index (χ2n) is 6.76. The summed E-state index contributed by atoms with van der Waals surface area (Å²) in [6.45, 7) is 0. The maximum atomic E-state index is 4.70. The Labute approximate surface area is 136 Å². The molecule has 0 radical (unpaired) electrons. The van der Waals surface area contributed by atoms with Gasteiger partial charge in [-0.3, -0.25) is 4.98 Å². The molecular formula is C21H20N2. The van der Waals surface area contributed by atoms with Gasteiger partial charge < -0.3 is 5.32 Å². The minimum absolute atomic E-state index is 0.434. The quantitative estimate of drug-likeness (QED) is 0.859. The van der Waals surface area contributed by atoms with Gasteiger partial charge in [-0.1, -0.05) is 48.6 Å². The van der Waals surface area contributed by atoms with Crippen LogP contribution < -0.4 is 15.9 Å². The van der Waals surface area contributed by atoms with Crippen molar-refractivity contribution in [2.75, 3.05) is 0 Å². The first-order valence-corrected chi connectivity index (χ1v) is 8.57. The second-order valence-corrected chi connectivity index (χ2v) is 6.76. The maximum absolute atomic E-state index is 4.70. The molecule has 0 bridgehead atoms. The molecule has 1 N–H and O–H groups in total. The van der Waals surface area contributed by atoms with Crippen LogP contribution in [0.5, 0.6) is 0 Å². The van der Waals surface area contributed by atoms with Crippen LogP contribution in [0.2, 0.25) is 0 Å². The van der Waals surface area contributed by atoms with E-state index in [1.165, 1.54) is 27.3 Å². The molecule has 4 aliphatic rings. The highest BCUT2D eigenvalue weighted by Gasteiger charge is 2.36. The van der Waals surface area contributed by atoms with Crippen molar-refractivity contribution in [1.82, 2.24) is 10.3 Å². The maximum Gasteiger partial charge on any atom is 0.0750 e. The molecule has 1 aromatic heterocycles. The Bertz CT molecular complexity index is 898. The first-order valence-electron chi connectivity index (χ1n) is 8.57. The van der Waals surface area contributed by atoms with Crippen LogP contribution >= 0.6 is 0 Å². The average Bonchev–Trinajstić information content (AvgIpc) is 3.00. The zero-order valence-electron chi connectivity index (χ0n) is 13.1. The molecule has 23 heavy (non-hydrogen) atoms. The lowest BCUT2D eigenvalue weighted by Gasteiger charge is -2.22. The highest BCUT2D eigenvalue weighted by atomic mass is 15.0. The third-order valence-electron chi connectivity index (χ3n) is 5.42. The number of nitrogens with zero attached hydrogens (tertiary/aromatic N) is 1. The summed E-state index contributed by atoms with van der Waals surface area (Å²) < 4.78 is 0. The van der Waals surface area contributed by atoms with Crippen molar-refractivity contribution in [2.45, 2.75) is 31.3 Å². The van der Waals surface area contributed by atoms with Crippen molar-refractivity contribution < 1.29 is 0 Å². The topological polar surface area (TPSA) is 24.9 Å². The number of pyridine rings is 1. The molecule has 0 amide bonds. The van der Waals surface area contributed by atoms with Crippen molar-refractivity contribution >= 4 is 11.6 Å². The molecule has 1 saturated heterocycles. The Morgan fingerprint density at radius 2 is 2.00 bits per heavy atom. The predicted molar refractivity (Wildman–Crippen MR) is 93.9 cm³/mol. The number of hydrogen-bond acceptors (Lipinski definition) is 2. The van der Waals surface area contributed by atoms with Crippen molar-refractivity contribution in [1.29, 1.82) is 0 Å². The fourth-order valence-corrected chi connectivity index (χ4v) is 4.30. The van der Waals surface area contributed by atoms with Crippen molar-refractivity contribution in [3.63, 3.8) is 0 Å². The summed E-state index contributed by atoms with van der Waals surface area (Å²) in [5, 5.41) is 6.28. The predicted octanol–water partition coefficient (Wildman–Crippen LogP) is 2.15. The smallest absolute Gasteiger partial charge is 0.0750 e. The van der Waals surface area contributed by atoms with Gasteiger partial charge in [0, 0.05) is 29.8 Å². The van der Waals surface area contributed by atoms with Gasteiger partial charge >= 0.3 is 0 Å². The molecule has 2 heterocycles. The van der Waals surface area contributed by atoms with Crippen LogP contribution in [0.1, 0.15) is 19.3 Å². The summed E-state index contributed by atoms with van der Waals surface area (Å²) in [5.41, 5.74) is 4.39. The molecule has 1 aromatic rings. The van der Waals surface area contributed by atoms with Crippen LogP contribution in [0.4, 0.5) is 0 Å². The van der Waals surface area contributed by atoms with Crippen LogP contribution in [0.25, 0.3) is 11.6 Å². The van der Waals surface area contributed by atoms with E-state index in [4.69, 9.17) is 4.98 Å². The molecular weight excluding hydrogens is 280 g/mol. The van der Waals surface area contributed by atoms with Crippen LogP contribution in [-0.4, -0.2) is 17.1 Å². The Balaban J connectivity index is 1.64. The first kappa shape index (κ1) is 13.3. The summed E-state index contributed by atoms with van der Waals surface area (Å²) in [6.07, 6.45) is 21.3. The fraction of sp³-hybridized carbons (Fsp3) is 0.286. The van der Waals surface area contributed by atoms with Gasteiger partial charge in [0.2, 0.25) is 0 Å².